The van der Waals surface area contributed by atoms with Crippen LogP contribution in [0.1, 0.15) is 24.8 Å². The van der Waals surface area contributed by atoms with E-state index in [0.29, 0.717) is 19.5 Å². The smallest absolute Gasteiger partial charge is 0.221 e. The van der Waals surface area contributed by atoms with E-state index in [-0.39, 0.29) is 12.0 Å². The monoisotopic (exact) mass is 287 g/mol. The largest absolute Gasteiger partial charge is 0.376 e. The Labute approximate surface area is 124 Å². The number of hydrogen-bond acceptors (Lipinski definition) is 3. The summed E-state index contributed by atoms with van der Waals surface area (Å²) in [6, 6.07) is 6.24. The van der Waals surface area contributed by atoms with Crippen molar-refractivity contribution < 1.29 is 9.53 Å². The Kier molecular flexibility index (Phi) is 4.20. The van der Waals surface area contributed by atoms with Gasteiger partial charge in [0.2, 0.25) is 5.91 Å². The molecule has 0 aliphatic carbocycles. The fraction of sp³-hybridized carbons (Fsp3) is 0.500. The molecule has 0 radical (unpaired) electrons. The summed E-state index contributed by atoms with van der Waals surface area (Å²) in [5.74, 6) is 0.0572. The molecule has 0 saturated carbocycles. The average Bonchev–Trinajstić information content (AvgIpc) is 3.12. The van der Waals surface area contributed by atoms with Gasteiger partial charge in [0.15, 0.2) is 0 Å². The van der Waals surface area contributed by atoms with Crippen LogP contribution in [0.25, 0.3) is 10.9 Å². The second-order valence-electron chi connectivity index (χ2n) is 5.62. The van der Waals surface area contributed by atoms with Crippen molar-refractivity contribution in [3.05, 3.63) is 30.0 Å². The first-order chi connectivity index (χ1) is 10.2. The molecular formula is C16H21N3O2. The SMILES string of the molecule is Cc1ccc2cnn(CCC(=O)NCC3CCCO3)c2c1. The van der Waals surface area contributed by atoms with E-state index in [9.17, 15) is 4.79 Å². The first-order valence-corrected chi connectivity index (χ1v) is 7.53. The van der Waals surface area contributed by atoms with Gasteiger partial charge in [-0.2, -0.15) is 5.10 Å². The molecule has 2 heterocycles. The van der Waals surface area contributed by atoms with Crippen molar-refractivity contribution in [2.45, 2.75) is 38.8 Å². The predicted molar refractivity (Wildman–Crippen MR) is 81.1 cm³/mol. The van der Waals surface area contributed by atoms with Crippen LogP contribution < -0.4 is 5.32 Å². The molecule has 1 saturated heterocycles. The summed E-state index contributed by atoms with van der Waals surface area (Å²) in [5.41, 5.74) is 2.29. The molecule has 1 atom stereocenters. The Balaban J connectivity index is 1.53. The zero-order valence-corrected chi connectivity index (χ0v) is 12.3. The Morgan fingerprint density at radius 1 is 1.52 bits per heavy atom. The molecule has 1 aliphatic rings. The van der Waals surface area contributed by atoms with Crippen LogP contribution in [0.5, 0.6) is 0 Å². The van der Waals surface area contributed by atoms with Crippen molar-refractivity contribution >= 4 is 16.8 Å². The summed E-state index contributed by atoms with van der Waals surface area (Å²) in [7, 11) is 0. The molecule has 0 spiro atoms. The maximum Gasteiger partial charge on any atom is 0.221 e. The number of aryl methyl sites for hydroxylation is 2. The van der Waals surface area contributed by atoms with Crippen LogP contribution in [0.4, 0.5) is 0 Å². The normalized spacial score (nSPS) is 18.2. The molecule has 1 aromatic heterocycles. The quantitative estimate of drug-likeness (QED) is 0.915. The molecule has 1 aliphatic heterocycles. The second kappa shape index (κ2) is 6.26. The third-order valence-corrected chi connectivity index (χ3v) is 3.90. The maximum atomic E-state index is 11.9. The van der Waals surface area contributed by atoms with Gasteiger partial charge in [0.25, 0.3) is 0 Å². The average molecular weight is 287 g/mol. The molecule has 5 nitrogen and oxygen atoms in total. The van der Waals surface area contributed by atoms with Gasteiger partial charge in [-0.3, -0.25) is 9.48 Å². The summed E-state index contributed by atoms with van der Waals surface area (Å²) >= 11 is 0. The number of amides is 1. The predicted octanol–water partition coefficient (Wildman–Crippen LogP) is 2.03. The minimum absolute atomic E-state index is 0.0572. The molecule has 5 heteroatoms. The Hall–Kier alpha value is -1.88. The van der Waals surface area contributed by atoms with Gasteiger partial charge in [-0.1, -0.05) is 12.1 Å². The maximum absolute atomic E-state index is 11.9. The lowest BCUT2D eigenvalue weighted by atomic mass is 10.2. The van der Waals surface area contributed by atoms with Crippen LogP contribution in [0.3, 0.4) is 0 Å². The molecule has 112 valence electrons. The molecule has 1 N–H and O–H groups in total. The summed E-state index contributed by atoms with van der Waals surface area (Å²) < 4.78 is 7.39. The Morgan fingerprint density at radius 2 is 2.43 bits per heavy atom. The van der Waals surface area contributed by atoms with Crippen molar-refractivity contribution in [2.75, 3.05) is 13.2 Å². The number of aromatic nitrogens is 2. The third kappa shape index (κ3) is 3.42. The molecule has 3 rings (SSSR count). The van der Waals surface area contributed by atoms with E-state index < -0.39 is 0 Å². The molecule has 1 fully saturated rings. The van der Waals surface area contributed by atoms with Gasteiger partial charge in [0, 0.05) is 25.0 Å². The summed E-state index contributed by atoms with van der Waals surface area (Å²) in [4.78, 5) is 11.9. The van der Waals surface area contributed by atoms with Crippen molar-refractivity contribution in [3.8, 4) is 0 Å². The van der Waals surface area contributed by atoms with E-state index in [2.05, 4.69) is 35.5 Å². The first kappa shape index (κ1) is 14.1. The van der Waals surface area contributed by atoms with E-state index in [1.807, 2.05) is 10.9 Å². The number of nitrogens with one attached hydrogen (secondary N) is 1. The highest BCUT2D eigenvalue weighted by Crippen LogP contribution is 2.15. The summed E-state index contributed by atoms with van der Waals surface area (Å²) in [5, 5.41) is 8.41. The number of fused-ring (bicyclic) bond motifs is 1. The van der Waals surface area contributed by atoms with E-state index in [1.54, 1.807) is 0 Å². The van der Waals surface area contributed by atoms with Gasteiger partial charge in [-0.25, -0.2) is 0 Å². The van der Waals surface area contributed by atoms with E-state index >= 15 is 0 Å². The lowest BCUT2D eigenvalue weighted by molar-refractivity contribution is -0.121. The van der Waals surface area contributed by atoms with Crippen molar-refractivity contribution in [3.63, 3.8) is 0 Å². The number of benzene rings is 1. The zero-order valence-electron chi connectivity index (χ0n) is 12.3. The summed E-state index contributed by atoms with van der Waals surface area (Å²) in [6.45, 7) is 4.10. The topological polar surface area (TPSA) is 56.2 Å². The van der Waals surface area contributed by atoms with E-state index in [1.165, 1.54) is 5.56 Å². The number of carbonyl (C=O) groups excluding carboxylic acids is 1. The lowest BCUT2D eigenvalue weighted by Gasteiger charge is -2.11. The van der Waals surface area contributed by atoms with Gasteiger partial charge in [-0.15, -0.1) is 0 Å². The fourth-order valence-electron chi connectivity index (χ4n) is 2.69. The molecular weight excluding hydrogens is 266 g/mol. The Morgan fingerprint density at radius 3 is 3.24 bits per heavy atom. The van der Waals surface area contributed by atoms with Gasteiger partial charge >= 0.3 is 0 Å². The number of rotatable bonds is 5. The van der Waals surface area contributed by atoms with Crippen LogP contribution in [0, 0.1) is 6.92 Å². The number of ether oxygens (including phenoxy) is 1. The molecule has 21 heavy (non-hydrogen) atoms. The van der Waals surface area contributed by atoms with Crippen molar-refractivity contribution in [2.24, 2.45) is 0 Å². The highest BCUT2D eigenvalue weighted by molar-refractivity contribution is 5.80. The molecule has 1 amide bonds. The minimum atomic E-state index is 0.0572. The summed E-state index contributed by atoms with van der Waals surface area (Å²) in [6.07, 6.45) is 4.63. The molecule has 1 unspecified atom stereocenters. The van der Waals surface area contributed by atoms with Crippen molar-refractivity contribution in [1.29, 1.82) is 0 Å². The highest BCUT2D eigenvalue weighted by atomic mass is 16.5. The minimum Gasteiger partial charge on any atom is -0.376 e. The molecule has 1 aromatic carbocycles. The van der Waals surface area contributed by atoms with Gasteiger partial charge < -0.3 is 10.1 Å². The molecule has 2 aromatic rings. The lowest BCUT2D eigenvalue weighted by Crippen LogP contribution is -2.32. The van der Waals surface area contributed by atoms with Gasteiger partial charge in [-0.05, 0) is 31.4 Å². The number of hydrogen-bond donors (Lipinski definition) is 1. The van der Waals surface area contributed by atoms with Crippen LogP contribution in [0.2, 0.25) is 0 Å². The first-order valence-electron chi connectivity index (χ1n) is 7.53. The second-order valence-corrected chi connectivity index (χ2v) is 5.62. The number of carbonyl (C=O) groups is 1. The van der Waals surface area contributed by atoms with Crippen LogP contribution in [0.15, 0.2) is 24.4 Å². The zero-order chi connectivity index (χ0) is 14.7. The Bertz CT molecular complexity index is 629. The van der Waals surface area contributed by atoms with Crippen molar-refractivity contribution in [1.82, 2.24) is 15.1 Å². The highest BCUT2D eigenvalue weighted by Gasteiger charge is 2.16. The van der Waals surface area contributed by atoms with Gasteiger partial charge in [0.1, 0.15) is 0 Å². The third-order valence-electron chi connectivity index (χ3n) is 3.90. The van der Waals surface area contributed by atoms with E-state index in [0.717, 1.165) is 30.4 Å². The number of nitrogens with zero attached hydrogens (tertiary/aromatic N) is 2. The van der Waals surface area contributed by atoms with E-state index in [4.69, 9.17) is 4.74 Å². The molecule has 0 bridgehead atoms. The standard InChI is InChI=1S/C16H21N3O2/c1-12-4-5-13-10-18-19(15(13)9-12)7-6-16(20)17-11-14-3-2-8-21-14/h4-5,9-10,14H,2-3,6-8,11H2,1H3,(H,17,20). The van der Waals surface area contributed by atoms with Gasteiger partial charge in [0.05, 0.1) is 24.4 Å². The van der Waals surface area contributed by atoms with Crippen LogP contribution in [-0.4, -0.2) is 34.9 Å². The van der Waals surface area contributed by atoms with Crippen LogP contribution >= 0.6 is 0 Å². The van der Waals surface area contributed by atoms with Crippen LogP contribution in [-0.2, 0) is 16.1 Å². The fourth-order valence-corrected chi connectivity index (χ4v) is 2.69.